The van der Waals surface area contributed by atoms with Crippen LogP contribution in [0.15, 0.2) is 18.2 Å². The summed E-state index contributed by atoms with van der Waals surface area (Å²) in [5.74, 6) is 2.24. The average molecular weight is 394 g/mol. The van der Waals surface area contributed by atoms with E-state index in [1.165, 1.54) is 12.8 Å². The van der Waals surface area contributed by atoms with Gasteiger partial charge in [0.05, 0.1) is 6.04 Å². The molecule has 0 bridgehead atoms. The van der Waals surface area contributed by atoms with Gasteiger partial charge in [-0.05, 0) is 31.0 Å². The highest BCUT2D eigenvalue weighted by Gasteiger charge is 2.35. The Morgan fingerprint density at radius 2 is 1.97 bits per heavy atom. The number of anilines is 1. The fraction of sp³-hybridized carbons (Fsp3) is 0.550. The summed E-state index contributed by atoms with van der Waals surface area (Å²) in [7, 11) is 1.85. The molecule has 0 spiro atoms. The molecule has 1 saturated carbocycles. The Balaban J connectivity index is 1.28. The van der Waals surface area contributed by atoms with Crippen LogP contribution in [0.25, 0.3) is 5.65 Å². The lowest BCUT2D eigenvalue weighted by molar-refractivity contribution is 0.0699. The Labute approximate surface area is 169 Å². The highest BCUT2D eigenvalue weighted by atomic mass is 16.2. The molecule has 0 atom stereocenters. The molecule has 0 unspecified atom stereocenters. The van der Waals surface area contributed by atoms with Crippen molar-refractivity contribution in [1.82, 2.24) is 34.9 Å². The van der Waals surface area contributed by atoms with Crippen LogP contribution in [0.4, 0.5) is 5.82 Å². The van der Waals surface area contributed by atoms with E-state index in [2.05, 4.69) is 46.1 Å². The monoisotopic (exact) mass is 394 g/mol. The first-order valence-corrected chi connectivity index (χ1v) is 10.1. The molecule has 2 fully saturated rings. The number of rotatable bonds is 4. The maximum absolute atomic E-state index is 12.8. The minimum absolute atomic E-state index is 0.0324. The first-order valence-electron chi connectivity index (χ1n) is 10.1. The van der Waals surface area contributed by atoms with E-state index in [9.17, 15) is 4.79 Å². The van der Waals surface area contributed by atoms with Gasteiger partial charge in [0.2, 0.25) is 0 Å². The molecule has 1 saturated heterocycles. The lowest BCUT2D eigenvalue weighted by Gasteiger charge is -2.44. The fourth-order valence-electron chi connectivity index (χ4n) is 3.70. The number of aromatic amines is 1. The molecule has 9 nitrogen and oxygen atoms in total. The van der Waals surface area contributed by atoms with Crippen LogP contribution in [0.2, 0.25) is 0 Å². The zero-order valence-electron chi connectivity index (χ0n) is 17.3. The molecule has 1 aliphatic heterocycles. The van der Waals surface area contributed by atoms with Crippen LogP contribution in [0, 0.1) is 0 Å². The van der Waals surface area contributed by atoms with Crippen LogP contribution < -0.4 is 4.90 Å². The minimum atomic E-state index is -0.141. The Bertz CT molecular complexity index is 1070. The molecular weight excluding hydrogens is 368 g/mol. The molecule has 2 aliphatic rings. The quantitative estimate of drug-likeness (QED) is 0.727. The highest BCUT2D eigenvalue weighted by molar-refractivity contribution is 5.92. The van der Waals surface area contributed by atoms with Gasteiger partial charge in [0.25, 0.3) is 5.91 Å². The standard InChI is InChI=1S/C20H26N8O/c1-20(2,3)19-24-23-16-7-8-17(25-28(16)19)27-10-13(11-27)26(4)18(29)15-9-14(21-22-15)12-5-6-12/h7-9,12-13H,5-6,10-11H2,1-4H3,(H,21,22). The predicted molar refractivity (Wildman–Crippen MR) is 108 cm³/mol. The number of fused-ring (bicyclic) bond motifs is 1. The van der Waals surface area contributed by atoms with Gasteiger partial charge in [-0.2, -0.15) is 9.61 Å². The summed E-state index contributed by atoms with van der Waals surface area (Å²) >= 11 is 0. The summed E-state index contributed by atoms with van der Waals surface area (Å²) < 4.78 is 1.82. The molecule has 3 aromatic rings. The Kier molecular flexibility index (Phi) is 3.91. The molecule has 0 aromatic carbocycles. The van der Waals surface area contributed by atoms with Crippen molar-refractivity contribution in [2.45, 2.75) is 51.0 Å². The molecule has 1 N–H and O–H groups in total. The lowest BCUT2D eigenvalue weighted by atomic mass is 9.96. The number of hydrogen-bond donors (Lipinski definition) is 1. The van der Waals surface area contributed by atoms with Crippen molar-refractivity contribution in [3.05, 3.63) is 35.4 Å². The van der Waals surface area contributed by atoms with Gasteiger partial charge in [-0.3, -0.25) is 9.89 Å². The van der Waals surface area contributed by atoms with E-state index in [-0.39, 0.29) is 17.4 Å². The maximum atomic E-state index is 12.8. The molecule has 1 aliphatic carbocycles. The molecule has 1 amide bonds. The van der Waals surface area contributed by atoms with Crippen molar-refractivity contribution in [3.63, 3.8) is 0 Å². The molecular formula is C20H26N8O. The number of carbonyl (C=O) groups is 1. The Morgan fingerprint density at radius 3 is 2.66 bits per heavy atom. The Hall–Kier alpha value is -2.97. The highest BCUT2D eigenvalue weighted by Crippen LogP contribution is 2.39. The first-order chi connectivity index (χ1) is 13.8. The zero-order valence-corrected chi connectivity index (χ0v) is 17.3. The summed E-state index contributed by atoms with van der Waals surface area (Å²) in [6.45, 7) is 7.78. The molecule has 5 rings (SSSR count). The number of carbonyl (C=O) groups excluding carboxylic acids is 1. The number of nitrogens with one attached hydrogen (secondary N) is 1. The summed E-state index contributed by atoms with van der Waals surface area (Å²) in [6, 6.07) is 5.95. The number of amides is 1. The minimum Gasteiger partial charge on any atom is -0.351 e. The van der Waals surface area contributed by atoms with Gasteiger partial charge in [-0.1, -0.05) is 20.8 Å². The third-order valence-electron chi connectivity index (χ3n) is 5.81. The maximum Gasteiger partial charge on any atom is 0.274 e. The van der Waals surface area contributed by atoms with E-state index in [0.717, 1.165) is 36.1 Å². The van der Waals surface area contributed by atoms with Crippen molar-refractivity contribution in [1.29, 1.82) is 0 Å². The zero-order chi connectivity index (χ0) is 20.3. The van der Waals surface area contributed by atoms with Crippen LogP contribution in [-0.4, -0.2) is 67.0 Å². The number of nitrogens with zero attached hydrogens (tertiary/aromatic N) is 7. The fourth-order valence-corrected chi connectivity index (χ4v) is 3.70. The summed E-state index contributed by atoms with van der Waals surface area (Å²) in [5, 5.41) is 20.5. The SMILES string of the molecule is CN(C(=O)c1cc(C2CC2)[nH]n1)C1CN(c2ccc3nnc(C(C)(C)C)n3n2)C1. The third kappa shape index (κ3) is 3.14. The van der Waals surface area contributed by atoms with E-state index < -0.39 is 0 Å². The molecule has 3 aromatic heterocycles. The van der Waals surface area contributed by atoms with E-state index in [1.54, 1.807) is 4.90 Å². The van der Waals surface area contributed by atoms with Crippen LogP contribution in [0.3, 0.4) is 0 Å². The van der Waals surface area contributed by atoms with E-state index in [0.29, 0.717) is 11.6 Å². The smallest absolute Gasteiger partial charge is 0.274 e. The van der Waals surface area contributed by atoms with Gasteiger partial charge in [-0.25, -0.2) is 0 Å². The second-order valence-corrected chi connectivity index (χ2v) is 9.19. The van der Waals surface area contributed by atoms with Crippen molar-refractivity contribution in [2.24, 2.45) is 0 Å². The summed E-state index contributed by atoms with van der Waals surface area (Å²) in [5.41, 5.74) is 2.19. The Morgan fingerprint density at radius 1 is 1.21 bits per heavy atom. The lowest BCUT2D eigenvalue weighted by Crippen LogP contribution is -2.60. The van der Waals surface area contributed by atoms with Gasteiger partial charge in [-0.15, -0.1) is 15.3 Å². The summed E-state index contributed by atoms with van der Waals surface area (Å²) in [4.78, 5) is 16.7. The largest absolute Gasteiger partial charge is 0.351 e. The summed E-state index contributed by atoms with van der Waals surface area (Å²) in [6.07, 6.45) is 2.37. The van der Waals surface area contributed by atoms with Gasteiger partial charge in [0, 0.05) is 37.2 Å². The van der Waals surface area contributed by atoms with Crippen molar-refractivity contribution < 1.29 is 4.79 Å². The van der Waals surface area contributed by atoms with Crippen LogP contribution in [0.1, 0.15) is 61.5 Å². The number of likely N-dealkylation sites (N-methyl/N-ethyl adjacent to an activating group) is 1. The predicted octanol–water partition coefficient (Wildman–Crippen LogP) is 1.98. The van der Waals surface area contributed by atoms with E-state index in [1.807, 2.05) is 29.8 Å². The van der Waals surface area contributed by atoms with E-state index >= 15 is 0 Å². The molecule has 9 heteroatoms. The van der Waals surface area contributed by atoms with Crippen LogP contribution >= 0.6 is 0 Å². The topological polar surface area (TPSA) is 95.3 Å². The van der Waals surface area contributed by atoms with Crippen molar-refractivity contribution in [3.8, 4) is 0 Å². The van der Waals surface area contributed by atoms with Crippen molar-refractivity contribution in [2.75, 3.05) is 25.0 Å². The van der Waals surface area contributed by atoms with Crippen LogP contribution in [0.5, 0.6) is 0 Å². The molecule has 4 heterocycles. The van der Waals surface area contributed by atoms with Gasteiger partial charge >= 0.3 is 0 Å². The molecule has 152 valence electrons. The first kappa shape index (κ1) is 18.1. The van der Waals surface area contributed by atoms with Gasteiger partial charge in [0.1, 0.15) is 11.5 Å². The van der Waals surface area contributed by atoms with Crippen molar-refractivity contribution >= 4 is 17.4 Å². The third-order valence-corrected chi connectivity index (χ3v) is 5.81. The van der Waals surface area contributed by atoms with Crippen LogP contribution in [-0.2, 0) is 5.41 Å². The molecule has 29 heavy (non-hydrogen) atoms. The number of H-pyrrole nitrogens is 1. The second kappa shape index (κ2) is 6.27. The number of aromatic nitrogens is 6. The van der Waals surface area contributed by atoms with Gasteiger partial charge in [0.15, 0.2) is 11.5 Å². The number of hydrogen-bond acceptors (Lipinski definition) is 6. The normalized spacial score (nSPS) is 17.6. The second-order valence-electron chi connectivity index (χ2n) is 9.19. The van der Waals surface area contributed by atoms with Gasteiger partial charge < -0.3 is 9.80 Å². The average Bonchev–Trinajstić information content (AvgIpc) is 3.20. The molecule has 0 radical (unpaired) electrons. The van der Waals surface area contributed by atoms with E-state index in [4.69, 9.17) is 5.10 Å².